The summed E-state index contributed by atoms with van der Waals surface area (Å²) in [7, 11) is -3.34. The predicted molar refractivity (Wildman–Crippen MR) is 46.9 cm³/mol. The molecule has 0 aromatic carbocycles. The average molecular weight is 199 g/mol. The molecule has 6 heteroatoms. The Morgan fingerprint density at radius 1 is 1.64 bits per heavy atom. The van der Waals surface area contributed by atoms with Crippen molar-refractivity contribution in [1.82, 2.24) is 0 Å². The Hall–Kier alpha value is 0.220. The molecule has 11 heavy (non-hydrogen) atoms. The average Bonchev–Trinajstić information content (AvgIpc) is 1.85. The molecule has 0 aromatic rings. The molecule has 0 aromatic heterocycles. The van der Waals surface area contributed by atoms with Gasteiger partial charge in [0.25, 0.3) is 0 Å². The summed E-state index contributed by atoms with van der Waals surface area (Å²) < 4.78 is 28.7. The first-order chi connectivity index (χ1) is 4.95. The van der Waals surface area contributed by atoms with Crippen LogP contribution in [0.4, 0.5) is 0 Å². The Balaban J connectivity index is 3.43. The van der Waals surface area contributed by atoms with Crippen LogP contribution in [0.1, 0.15) is 19.8 Å². The van der Waals surface area contributed by atoms with Crippen LogP contribution in [0.5, 0.6) is 0 Å². The minimum Gasteiger partial charge on any atom is -0.328 e. The molecule has 0 saturated carbocycles. The summed E-state index contributed by atoms with van der Waals surface area (Å²) in [5.74, 6) is 0.355. The number of hydrogen-bond acceptors (Lipinski definition) is 4. The maximum absolute atomic E-state index is 10.2. The summed E-state index contributed by atoms with van der Waals surface area (Å²) in [6, 6.07) is 0.0317. The van der Waals surface area contributed by atoms with Crippen LogP contribution in [0.3, 0.4) is 0 Å². The molecule has 0 bridgehead atoms. The molecule has 0 radical (unpaired) electrons. The highest BCUT2D eigenvalue weighted by Crippen LogP contribution is 2.11. The molecule has 0 saturated heterocycles. The first-order valence-electron chi connectivity index (χ1n) is 3.33. The lowest BCUT2D eigenvalue weighted by molar-refractivity contribution is 0.503. The quantitative estimate of drug-likeness (QED) is 0.502. The second kappa shape index (κ2) is 4.97. The molecule has 1 atom stereocenters. The van der Waals surface area contributed by atoms with Gasteiger partial charge in [-0.05, 0) is 23.6 Å². The van der Waals surface area contributed by atoms with Gasteiger partial charge in [0.05, 0.1) is 0 Å². The van der Waals surface area contributed by atoms with E-state index < -0.39 is 9.15 Å². The molecule has 0 fully saturated rings. The van der Waals surface area contributed by atoms with Crippen LogP contribution in [0, 0.1) is 0 Å². The summed E-state index contributed by atoms with van der Waals surface area (Å²) in [6.07, 6.45) is 1.44. The van der Waals surface area contributed by atoms with Gasteiger partial charge in [-0.1, -0.05) is 6.92 Å². The van der Waals surface area contributed by atoms with Gasteiger partial charge in [0.1, 0.15) is 0 Å². The van der Waals surface area contributed by atoms with E-state index in [0.717, 1.165) is 6.42 Å². The fraction of sp³-hybridized carbons (Fsp3) is 1.00. The Morgan fingerprint density at radius 2 is 2.18 bits per heavy atom. The minimum absolute atomic E-state index is 0.0317. The second-order valence-electron chi connectivity index (χ2n) is 2.21. The molecular weight excluding hydrogens is 186 g/mol. The summed E-state index contributed by atoms with van der Waals surface area (Å²) in [5.41, 5.74) is 5.51. The molecule has 0 spiro atoms. The highest BCUT2D eigenvalue weighted by Gasteiger charge is 2.06. The molecule has 0 amide bonds. The predicted octanol–water partition coefficient (Wildman–Crippen LogP) is 0.650. The molecule has 0 rings (SSSR count). The fourth-order valence-electron chi connectivity index (χ4n) is 0.509. The molecular formula is C5H13NO3S2. The summed E-state index contributed by atoms with van der Waals surface area (Å²) in [6.45, 7) is 1.93. The Bertz CT molecular complexity index is 190. The molecule has 3 N–H and O–H groups in total. The smallest absolute Gasteiger partial charge is 0.319 e. The van der Waals surface area contributed by atoms with Crippen molar-refractivity contribution in [3.05, 3.63) is 0 Å². The zero-order valence-electron chi connectivity index (χ0n) is 6.36. The van der Waals surface area contributed by atoms with E-state index in [1.807, 2.05) is 6.92 Å². The fourth-order valence-corrected chi connectivity index (χ4v) is 2.04. The third-order valence-electron chi connectivity index (χ3n) is 1.25. The molecule has 1 unspecified atom stereocenters. The highest BCUT2D eigenvalue weighted by molar-refractivity contribution is 8.69. The largest absolute Gasteiger partial charge is 0.328 e. The van der Waals surface area contributed by atoms with Crippen molar-refractivity contribution < 1.29 is 13.0 Å². The van der Waals surface area contributed by atoms with Crippen molar-refractivity contribution in [1.29, 1.82) is 0 Å². The molecule has 0 aliphatic heterocycles. The second-order valence-corrected chi connectivity index (χ2v) is 5.68. The Morgan fingerprint density at radius 3 is 2.55 bits per heavy atom. The van der Waals surface area contributed by atoms with E-state index in [-0.39, 0.29) is 6.04 Å². The van der Waals surface area contributed by atoms with Gasteiger partial charge in [0, 0.05) is 11.8 Å². The number of hydrogen-bond donors (Lipinski definition) is 2. The van der Waals surface area contributed by atoms with Gasteiger partial charge in [-0.2, -0.15) is 8.42 Å². The van der Waals surface area contributed by atoms with E-state index in [0.29, 0.717) is 23.0 Å². The van der Waals surface area contributed by atoms with Gasteiger partial charge >= 0.3 is 9.15 Å². The van der Waals surface area contributed by atoms with Crippen LogP contribution in [0.2, 0.25) is 0 Å². The topological polar surface area (TPSA) is 80.4 Å². The maximum atomic E-state index is 10.2. The Kier molecular flexibility index (Phi) is 5.07. The summed E-state index contributed by atoms with van der Waals surface area (Å²) in [5, 5.41) is 0. The normalized spacial score (nSPS) is 14.8. The van der Waals surface area contributed by atoms with Gasteiger partial charge in [0.15, 0.2) is 0 Å². The molecule has 0 aliphatic rings. The third kappa shape index (κ3) is 8.12. The van der Waals surface area contributed by atoms with Crippen molar-refractivity contribution in [2.45, 2.75) is 25.8 Å². The van der Waals surface area contributed by atoms with E-state index in [2.05, 4.69) is 0 Å². The van der Waals surface area contributed by atoms with Crippen LogP contribution in [0.15, 0.2) is 0 Å². The van der Waals surface area contributed by atoms with Gasteiger partial charge in [-0.25, -0.2) is 0 Å². The first kappa shape index (κ1) is 11.2. The van der Waals surface area contributed by atoms with Crippen LogP contribution >= 0.6 is 10.8 Å². The molecule has 0 aliphatic carbocycles. The highest BCUT2D eigenvalue weighted by atomic mass is 33.1. The zero-order valence-corrected chi connectivity index (χ0v) is 7.99. The van der Waals surface area contributed by atoms with Gasteiger partial charge in [0.2, 0.25) is 0 Å². The van der Waals surface area contributed by atoms with Crippen LogP contribution in [0.25, 0.3) is 0 Å². The molecule has 68 valence electrons. The van der Waals surface area contributed by atoms with Crippen LogP contribution in [-0.2, 0) is 9.15 Å². The van der Waals surface area contributed by atoms with Crippen molar-refractivity contribution >= 4 is 19.9 Å². The monoisotopic (exact) mass is 199 g/mol. The SMILES string of the molecule is CCC(N)CCSS(=O)(=O)O. The van der Waals surface area contributed by atoms with E-state index in [1.54, 1.807) is 0 Å². The lowest BCUT2D eigenvalue weighted by Gasteiger charge is -2.05. The van der Waals surface area contributed by atoms with E-state index in [9.17, 15) is 8.42 Å². The van der Waals surface area contributed by atoms with Crippen LogP contribution in [-0.4, -0.2) is 24.8 Å². The number of rotatable bonds is 5. The van der Waals surface area contributed by atoms with E-state index in [4.69, 9.17) is 10.3 Å². The van der Waals surface area contributed by atoms with E-state index >= 15 is 0 Å². The first-order valence-corrected chi connectivity index (χ1v) is 6.27. The summed E-state index contributed by atoms with van der Waals surface area (Å²) in [4.78, 5) is 0. The van der Waals surface area contributed by atoms with Crippen molar-refractivity contribution in [2.24, 2.45) is 5.73 Å². The lowest BCUT2D eigenvalue weighted by Crippen LogP contribution is -2.19. The van der Waals surface area contributed by atoms with E-state index in [1.165, 1.54) is 0 Å². The van der Waals surface area contributed by atoms with Gasteiger partial charge in [-0.15, -0.1) is 0 Å². The lowest BCUT2D eigenvalue weighted by atomic mass is 10.2. The molecule has 0 heterocycles. The molecule has 4 nitrogen and oxygen atoms in total. The van der Waals surface area contributed by atoms with Crippen molar-refractivity contribution in [2.75, 3.05) is 5.75 Å². The van der Waals surface area contributed by atoms with Crippen molar-refractivity contribution in [3.8, 4) is 0 Å². The summed E-state index contributed by atoms with van der Waals surface area (Å²) >= 11 is 0. The van der Waals surface area contributed by atoms with Crippen molar-refractivity contribution in [3.63, 3.8) is 0 Å². The standard InChI is InChI=1S/C5H13NO3S2/c1-2-5(6)3-4-10-11(7,8)9/h5H,2-4,6H2,1H3,(H,7,8,9). The zero-order chi connectivity index (χ0) is 8.91. The number of nitrogens with two attached hydrogens (primary N) is 1. The van der Waals surface area contributed by atoms with Crippen LogP contribution < -0.4 is 5.73 Å². The third-order valence-corrected chi connectivity index (χ3v) is 3.34. The maximum Gasteiger partial charge on any atom is 0.319 e. The Labute approximate surface area is 70.7 Å². The van der Waals surface area contributed by atoms with Gasteiger partial charge < -0.3 is 5.73 Å². The minimum atomic E-state index is -3.87. The van der Waals surface area contributed by atoms with Gasteiger partial charge in [-0.3, -0.25) is 4.55 Å².